The number of methoxy groups -OCH3 is 1. The van der Waals surface area contributed by atoms with Gasteiger partial charge in [-0.05, 0) is 18.6 Å². The number of hydrogen-bond acceptors (Lipinski definition) is 3. The molecule has 96 valence electrons. The molecular weight excluding hydrogens is 250 g/mol. The number of ether oxygens (including phenoxy) is 1. The van der Waals surface area contributed by atoms with E-state index in [4.69, 9.17) is 22.1 Å². The Bertz CT molecular complexity index is 524. The second-order valence-corrected chi connectivity index (χ2v) is 4.59. The lowest BCUT2D eigenvalue weighted by atomic mass is 10.0. The largest absolute Gasteiger partial charge is 0.493 e. The van der Waals surface area contributed by atoms with Gasteiger partial charge < -0.3 is 10.5 Å². The van der Waals surface area contributed by atoms with Gasteiger partial charge in [0.1, 0.15) is 0 Å². The van der Waals surface area contributed by atoms with Crippen LogP contribution in [-0.4, -0.2) is 22.9 Å². The molecule has 0 aliphatic rings. The van der Waals surface area contributed by atoms with Gasteiger partial charge in [0, 0.05) is 11.1 Å². The smallest absolute Gasteiger partial charge is 0.156 e. The summed E-state index contributed by atoms with van der Waals surface area (Å²) in [5.74, 6) is 0.702. The first kappa shape index (κ1) is 12.9. The minimum absolute atomic E-state index is 0.109. The minimum atomic E-state index is -0.116. The molecule has 0 fully saturated rings. The van der Waals surface area contributed by atoms with E-state index in [1.165, 1.54) is 0 Å². The molecule has 18 heavy (non-hydrogen) atoms. The molecule has 0 bridgehead atoms. The normalized spacial score (nSPS) is 14.2. The lowest BCUT2D eigenvalue weighted by Gasteiger charge is -2.22. The first-order valence-electron chi connectivity index (χ1n) is 5.71. The lowest BCUT2D eigenvalue weighted by Crippen LogP contribution is -2.30. The first-order chi connectivity index (χ1) is 8.63. The number of hydrogen-bond donors (Lipinski definition) is 1. The number of halogens is 1. The molecule has 2 N–H and O–H groups in total. The van der Waals surface area contributed by atoms with Crippen LogP contribution < -0.4 is 10.5 Å². The van der Waals surface area contributed by atoms with E-state index in [0.717, 1.165) is 5.56 Å². The summed E-state index contributed by atoms with van der Waals surface area (Å²) >= 11 is 6.23. The molecular formula is C13H16ClN3O. The molecule has 2 aromatic rings. The molecule has 0 saturated heterocycles. The maximum atomic E-state index is 6.23. The van der Waals surface area contributed by atoms with Gasteiger partial charge in [0.25, 0.3) is 0 Å². The Morgan fingerprint density at radius 3 is 2.67 bits per heavy atom. The monoisotopic (exact) mass is 265 g/mol. The summed E-state index contributed by atoms with van der Waals surface area (Å²) in [4.78, 5) is 0. The topological polar surface area (TPSA) is 53.1 Å². The average Bonchev–Trinajstić information content (AvgIpc) is 2.80. The van der Waals surface area contributed by atoms with Gasteiger partial charge in [0.2, 0.25) is 0 Å². The molecule has 1 aromatic heterocycles. The molecule has 0 amide bonds. The third-order valence-corrected chi connectivity index (χ3v) is 3.16. The van der Waals surface area contributed by atoms with Crippen LogP contribution in [0.2, 0.25) is 5.02 Å². The van der Waals surface area contributed by atoms with Crippen LogP contribution in [0.25, 0.3) is 0 Å². The van der Waals surface area contributed by atoms with Crippen molar-refractivity contribution in [3.8, 4) is 5.75 Å². The molecule has 4 nitrogen and oxygen atoms in total. The average molecular weight is 266 g/mol. The van der Waals surface area contributed by atoms with Crippen molar-refractivity contribution >= 4 is 11.6 Å². The Balaban J connectivity index is 2.43. The van der Waals surface area contributed by atoms with Crippen LogP contribution in [0.15, 0.2) is 36.7 Å². The van der Waals surface area contributed by atoms with E-state index in [0.29, 0.717) is 10.8 Å². The van der Waals surface area contributed by atoms with Gasteiger partial charge in [0.15, 0.2) is 5.75 Å². The second kappa shape index (κ2) is 5.42. The van der Waals surface area contributed by atoms with Crippen LogP contribution in [0.5, 0.6) is 5.75 Å². The number of rotatable bonds is 4. The summed E-state index contributed by atoms with van der Waals surface area (Å²) in [6, 6.07) is 7.43. The van der Waals surface area contributed by atoms with Crippen molar-refractivity contribution in [1.29, 1.82) is 0 Å². The number of aromatic nitrogens is 2. The van der Waals surface area contributed by atoms with Crippen LogP contribution in [0, 0.1) is 0 Å². The summed E-state index contributed by atoms with van der Waals surface area (Å²) in [5, 5.41) is 4.97. The molecule has 2 atom stereocenters. The Labute approximate surface area is 111 Å². The highest BCUT2D eigenvalue weighted by molar-refractivity contribution is 6.31. The summed E-state index contributed by atoms with van der Waals surface area (Å²) in [6.07, 6.45) is 3.48. The zero-order valence-corrected chi connectivity index (χ0v) is 11.1. The summed E-state index contributed by atoms with van der Waals surface area (Å²) in [7, 11) is 1.61. The molecule has 1 aromatic carbocycles. The highest BCUT2D eigenvalue weighted by Gasteiger charge is 2.21. The van der Waals surface area contributed by atoms with E-state index < -0.39 is 0 Å². The third-order valence-electron chi connectivity index (χ3n) is 2.82. The number of nitrogens with zero attached hydrogens (tertiary/aromatic N) is 2. The van der Waals surface area contributed by atoms with E-state index >= 15 is 0 Å². The highest BCUT2D eigenvalue weighted by Crippen LogP contribution is 2.28. The van der Waals surface area contributed by atoms with Gasteiger partial charge in [-0.25, -0.2) is 0 Å². The van der Waals surface area contributed by atoms with E-state index in [2.05, 4.69) is 5.10 Å². The molecule has 2 unspecified atom stereocenters. The Morgan fingerprint density at radius 2 is 2.11 bits per heavy atom. The third kappa shape index (κ3) is 2.49. The van der Waals surface area contributed by atoms with E-state index in [1.807, 2.05) is 37.4 Å². The molecule has 0 spiro atoms. The standard InChI is InChI=1S/C13H16ClN3O/c1-9(15)13(11-5-3-4-6-12(11)14)17-8-10(18-2)7-16-17/h3-9,13H,15H2,1-2H3. The quantitative estimate of drug-likeness (QED) is 0.924. The number of nitrogens with two attached hydrogens (primary N) is 1. The second-order valence-electron chi connectivity index (χ2n) is 4.19. The van der Waals surface area contributed by atoms with Crippen molar-refractivity contribution in [2.24, 2.45) is 5.73 Å². The summed E-state index contributed by atoms with van der Waals surface area (Å²) in [5.41, 5.74) is 7.02. The van der Waals surface area contributed by atoms with Crippen LogP contribution >= 0.6 is 11.6 Å². The Kier molecular flexibility index (Phi) is 3.89. The first-order valence-corrected chi connectivity index (χ1v) is 6.09. The molecule has 1 heterocycles. The minimum Gasteiger partial charge on any atom is -0.493 e. The predicted octanol–water partition coefficient (Wildman–Crippen LogP) is 2.48. The van der Waals surface area contributed by atoms with Gasteiger partial charge in [-0.15, -0.1) is 0 Å². The maximum absolute atomic E-state index is 6.23. The SMILES string of the molecule is COc1cnn(C(c2ccccc2Cl)C(C)N)c1. The van der Waals surface area contributed by atoms with Gasteiger partial charge in [0.05, 0.1) is 25.5 Å². The molecule has 0 aliphatic heterocycles. The lowest BCUT2D eigenvalue weighted by molar-refractivity contribution is 0.409. The Hall–Kier alpha value is -1.52. The van der Waals surface area contributed by atoms with Crippen molar-refractivity contribution in [2.75, 3.05) is 7.11 Å². The fourth-order valence-corrected chi connectivity index (χ4v) is 2.21. The zero-order valence-electron chi connectivity index (χ0n) is 10.4. The summed E-state index contributed by atoms with van der Waals surface area (Å²) in [6.45, 7) is 1.93. The predicted molar refractivity (Wildman–Crippen MR) is 72.0 cm³/mol. The highest BCUT2D eigenvalue weighted by atomic mass is 35.5. The van der Waals surface area contributed by atoms with Gasteiger partial charge in [-0.2, -0.15) is 5.10 Å². The molecule has 2 rings (SSSR count). The van der Waals surface area contributed by atoms with Gasteiger partial charge in [-0.1, -0.05) is 29.8 Å². The van der Waals surface area contributed by atoms with Crippen LogP contribution in [0.4, 0.5) is 0 Å². The number of benzene rings is 1. The molecule has 0 saturated carbocycles. The van der Waals surface area contributed by atoms with Crippen molar-refractivity contribution in [3.63, 3.8) is 0 Å². The Morgan fingerprint density at radius 1 is 1.39 bits per heavy atom. The molecule has 5 heteroatoms. The molecule has 0 radical (unpaired) electrons. The molecule has 0 aliphatic carbocycles. The van der Waals surface area contributed by atoms with Crippen LogP contribution in [-0.2, 0) is 0 Å². The summed E-state index contributed by atoms with van der Waals surface area (Å²) < 4.78 is 6.92. The fourth-order valence-electron chi connectivity index (χ4n) is 1.96. The van der Waals surface area contributed by atoms with Crippen molar-refractivity contribution in [3.05, 3.63) is 47.2 Å². The van der Waals surface area contributed by atoms with Crippen molar-refractivity contribution in [1.82, 2.24) is 9.78 Å². The van der Waals surface area contributed by atoms with Crippen molar-refractivity contribution in [2.45, 2.75) is 19.0 Å². The zero-order chi connectivity index (χ0) is 13.1. The maximum Gasteiger partial charge on any atom is 0.156 e. The van der Waals surface area contributed by atoms with Gasteiger partial charge in [-0.3, -0.25) is 4.68 Å². The fraction of sp³-hybridized carbons (Fsp3) is 0.308. The van der Waals surface area contributed by atoms with Crippen LogP contribution in [0.3, 0.4) is 0 Å². The van der Waals surface area contributed by atoms with E-state index in [-0.39, 0.29) is 12.1 Å². The van der Waals surface area contributed by atoms with E-state index in [1.54, 1.807) is 18.0 Å². The van der Waals surface area contributed by atoms with Gasteiger partial charge >= 0.3 is 0 Å². The van der Waals surface area contributed by atoms with Crippen molar-refractivity contribution < 1.29 is 4.74 Å². The van der Waals surface area contributed by atoms with E-state index in [9.17, 15) is 0 Å². The van der Waals surface area contributed by atoms with Crippen LogP contribution in [0.1, 0.15) is 18.5 Å².